The predicted octanol–water partition coefficient (Wildman–Crippen LogP) is 4.14. The third-order valence-electron chi connectivity index (χ3n) is 5.36. The van der Waals surface area contributed by atoms with E-state index < -0.39 is 0 Å². The number of rotatable bonds is 3. The second-order valence-electron chi connectivity index (χ2n) is 7.79. The minimum Gasteiger partial charge on any atom is -0.378 e. The molecule has 0 aromatic rings. The molecule has 19 heavy (non-hydrogen) atoms. The van der Waals surface area contributed by atoms with Gasteiger partial charge in [-0.3, -0.25) is 0 Å². The molecule has 1 aliphatic carbocycles. The van der Waals surface area contributed by atoms with Crippen molar-refractivity contribution in [2.45, 2.75) is 84.3 Å². The average molecular weight is 267 g/mol. The molecule has 1 N–H and O–H groups in total. The fraction of sp³-hybridized carbons (Fsp3) is 1.00. The Morgan fingerprint density at radius 1 is 1.11 bits per heavy atom. The van der Waals surface area contributed by atoms with Gasteiger partial charge in [-0.2, -0.15) is 0 Å². The maximum atomic E-state index is 5.99. The summed E-state index contributed by atoms with van der Waals surface area (Å²) >= 11 is 0. The monoisotopic (exact) mass is 267 g/mol. The molecule has 0 aromatic carbocycles. The molecular formula is C17H33NO. The number of nitrogens with one attached hydrogen (secondary N) is 1. The maximum absolute atomic E-state index is 5.99. The standard InChI is InChI=1S/C17H33NO/c1-14-17(11-12-19-14,13-18-16(2,3)4)15-9-7-5-6-8-10-15/h14-15,18H,5-13H2,1-4H3. The first-order valence-corrected chi connectivity index (χ1v) is 8.31. The van der Waals surface area contributed by atoms with E-state index in [1.165, 1.54) is 44.9 Å². The largest absolute Gasteiger partial charge is 0.378 e. The van der Waals surface area contributed by atoms with Gasteiger partial charge in [-0.15, -0.1) is 0 Å². The van der Waals surface area contributed by atoms with Gasteiger partial charge in [-0.25, -0.2) is 0 Å². The molecule has 2 rings (SSSR count). The van der Waals surface area contributed by atoms with Crippen molar-refractivity contribution < 1.29 is 4.74 Å². The van der Waals surface area contributed by atoms with E-state index in [1.807, 2.05) is 0 Å². The van der Waals surface area contributed by atoms with E-state index in [2.05, 4.69) is 33.0 Å². The molecule has 0 bridgehead atoms. The summed E-state index contributed by atoms with van der Waals surface area (Å²) in [6.45, 7) is 11.2. The van der Waals surface area contributed by atoms with E-state index in [9.17, 15) is 0 Å². The summed E-state index contributed by atoms with van der Waals surface area (Å²) in [5.74, 6) is 0.863. The molecule has 2 fully saturated rings. The van der Waals surface area contributed by atoms with Gasteiger partial charge in [0.1, 0.15) is 0 Å². The molecular weight excluding hydrogens is 234 g/mol. The van der Waals surface area contributed by atoms with Crippen LogP contribution in [0.3, 0.4) is 0 Å². The molecule has 2 unspecified atom stereocenters. The first-order chi connectivity index (χ1) is 8.94. The maximum Gasteiger partial charge on any atom is 0.0618 e. The third kappa shape index (κ3) is 3.72. The minimum atomic E-state index is 0.208. The van der Waals surface area contributed by atoms with Crippen LogP contribution >= 0.6 is 0 Å². The van der Waals surface area contributed by atoms with Gasteiger partial charge in [-0.05, 0) is 52.9 Å². The number of hydrogen-bond acceptors (Lipinski definition) is 2. The average Bonchev–Trinajstić information content (AvgIpc) is 2.55. The van der Waals surface area contributed by atoms with E-state index in [0.29, 0.717) is 11.5 Å². The zero-order valence-corrected chi connectivity index (χ0v) is 13.4. The molecule has 1 saturated carbocycles. The van der Waals surface area contributed by atoms with Gasteiger partial charge < -0.3 is 10.1 Å². The van der Waals surface area contributed by atoms with Gasteiger partial charge in [0.05, 0.1) is 6.10 Å². The highest BCUT2D eigenvalue weighted by Crippen LogP contribution is 2.47. The first-order valence-electron chi connectivity index (χ1n) is 8.31. The van der Waals surface area contributed by atoms with Crippen molar-refractivity contribution in [3.8, 4) is 0 Å². The lowest BCUT2D eigenvalue weighted by molar-refractivity contribution is 0.0186. The zero-order chi connectivity index (χ0) is 13.9. The van der Waals surface area contributed by atoms with Gasteiger partial charge in [0.25, 0.3) is 0 Å². The van der Waals surface area contributed by atoms with Crippen LogP contribution in [0.1, 0.15) is 72.6 Å². The highest BCUT2D eigenvalue weighted by Gasteiger charge is 2.47. The summed E-state index contributed by atoms with van der Waals surface area (Å²) in [6.07, 6.45) is 10.2. The Bertz CT molecular complexity index is 275. The fourth-order valence-corrected chi connectivity index (χ4v) is 3.99. The SMILES string of the molecule is CC1OCCC1(CNC(C)(C)C)C1CCCCCC1. The molecule has 0 aromatic heterocycles. The molecule has 112 valence electrons. The molecule has 2 aliphatic rings. The Hall–Kier alpha value is -0.0800. The Kier molecular flexibility index (Phi) is 4.94. The number of hydrogen-bond donors (Lipinski definition) is 1. The van der Waals surface area contributed by atoms with Crippen molar-refractivity contribution >= 4 is 0 Å². The van der Waals surface area contributed by atoms with Crippen LogP contribution in [0, 0.1) is 11.3 Å². The normalized spacial score (nSPS) is 34.4. The summed E-state index contributed by atoms with van der Waals surface area (Å²) in [4.78, 5) is 0. The second-order valence-corrected chi connectivity index (χ2v) is 7.79. The van der Waals surface area contributed by atoms with Crippen LogP contribution in [0.4, 0.5) is 0 Å². The lowest BCUT2D eigenvalue weighted by Gasteiger charge is -2.42. The fourth-order valence-electron chi connectivity index (χ4n) is 3.99. The van der Waals surface area contributed by atoms with Gasteiger partial charge in [0.2, 0.25) is 0 Å². The molecule has 0 amide bonds. The first kappa shape index (κ1) is 15.3. The lowest BCUT2D eigenvalue weighted by Crippen LogP contribution is -2.50. The number of ether oxygens (including phenoxy) is 1. The molecule has 2 nitrogen and oxygen atoms in total. The van der Waals surface area contributed by atoms with E-state index in [0.717, 1.165) is 19.1 Å². The van der Waals surface area contributed by atoms with Crippen LogP contribution in [0.25, 0.3) is 0 Å². The van der Waals surface area contributed by atoms with Crippen molar-refractivity contribution in [1.29, 1.82) is 0 Å². The van der Waals surface area contributed by atoms with Crippen LogP contribution < -0.4 is 5.32 Å². The van der Waals surface area contributed by atoms with Crippen LogP contribution in [0.5, 0.6) is 0 Å². The third-order valence-corrected chi connectivity index (χ3v) is 5.36. The summed E-state index contributed by atoms with van der Waals surface area (Å²) in [7, 11) is 0. The quantitative estimate of drug-likeness (QED) is 0.776. The van der Waals surface area contributed by atoms with E-state index >= 15 is 0 Å². The molecule has 1 aliphatic heterocycles. The van der Waals surface area contributed by atoms with Gasteiger partial charge in [0, 0.05) is 24.1 Å². The molecule has 2 heteroatoms. The summed E-state index contributed by atoms with van der Waals surface area (Å²) in [5.41, 5.74) is 0.595. The van der Waals surface area contributed by atoms with Crippen LogP contribution in [-0.4, -0.2) is 24.8 Å². The van der Waals surface area contributed by atoms with Crippen molar-refractivity contribution in [3.05, 3.63) is 0 Å². The Morgan fingerprint density at radius 3 is 2.21 bits per heavy atom. The van der Waals surface area contributed by atoms with Crippen LogP contribution in [0.15, 0.2) is 0 Å². The highest BCUT2D eigenvalue weighted by atomic mass is 16.5. The van der Waals surface area contributed by atoms with Gasteiger partial charge in [0.15, 0.2) is 0 Å². The smallest absolute Gasteiger partial charge is 0.0618 e. The van der Waals surface area contributed by atoms with Gasteiger partial charge >= 0.3 is 0 Å². The van der Waals surface area contributed by atoms with Crippen molar-refractivity contribution in [2.75, 3.05) is 13.2 Å². The Labute approximate surface area is 119 Å². The summed E-state index contributed by atoms with van der Waals surface area (Å²) < 4.78 is 5.99. The van der Waals surface area contributed by atoms with Crippen molar-refractivity contribution in [2.24, 2.45) is 11.3 Å². The molecule has 1 heterocycles. The highest BCUT2D eigenvalue weighted by molar-refractivity contribution is 4.98. The van der Waals surface area contributed by atoms with E-state index in [-0.39, 0.29) is 5.54 Å². The molecule has 0 spiro atoms. The minimum absolute atomic E-state index is 0.208. The predicted molar refractivity (Wildman–Crippen MR) is 81.4 cm³/mol. The van der Waals surface area contributed by atoms with E-state index in [1.54, 1.807) is 0 Å². The topological polar surface area (TPSA) is 21.3 Å². The van der Waals surface area contributed by atoms with Crippen molar-refractivity contribution in [3.63, 3.8) is 0 Å². The van der Waals surface area contributed by atoms with E-state index in [4.69, 9.17) is 4.74 Å². The van der Waals surface area contributed by atoms with Gasteiger partial charge in [-0.1, -0.05) is 25.7 Å². The molecule has 1 saturated heterocycles. The zero-order valence-electron chi connectivity index (χ0n) is 13.4. The van der Waals surface area contributed by atoms with Crippen LogP contribution in [0.2, 0.25) is 0 Å². The molecule has 2 atom stereocenters. The Balaban J connectivity index is 2.09. The molecule has 0 radical (unpaired) electrons. The lowest BCUT2D eigenvalue weighted by atomic mass is 9.67. The summed E-state index contributed by atoms with van der Waals surface area (Å²) in [6, 6.07) is 0. The van der Waals surface area contributed by atoms with Crippen LogP contribution in [-0.2, 0) is 4.74 Å². The summed E-state index contributed by atoms with van der Waals surface area (Å²) in [5, 5.41) is 3.77. The second kappa shape index (κ2) is 6.13. The Morgan fingerprint density at radius 2 is 1.74 bits per heavy atom. The van der Waals surface area contributed by atoms with Crippen molar-refractivity contribution in [1.82, 2.24) is 5.32 Å².